The van der Waals surface area contributed by atoms with Crippen molar-refractivity contribution in [3.05, 3.63) is 59.7 Å². The number of alkyl halides is 1. The van der Waals surface area contributed by atoms with Crippen LogP contribution < -0.4 is 17.0 Å². The fourth-order valence-electron chi connectivity index (χ4n) is 8.12. The van der Waals surface area contributed by atoms with Crippen LogP contribution in [0.1, 0.15) is 52.0 Å². The minimum Gasteiger partial charge on any atom is -0.480 e. The van der Waals surface area contributed by atoms with Crippen molar-refractivity contribution in [3.8, 4) is 0 Å². The fraction of sp³-hybridized carbons (Fsp3) is 0.594. The number of nitrogens with one attached hydrogen (secondary N) is 1. The highest BCUT2D eigenvalue weighted by molar-refractivity contribution is 6.01. The topological polar surface area (TPSA) is 196 Å². The van der Waals surface area contributed by atoms with E-state index >= 15 is 4.39 Å². The Hall–Kier alpha value is -2.80. The van der Waals surface area contributed by atoms with Crippen molar-refractivity contribution >= 4 is 17.5 Å². The van der Waals surface area contributed by atoms with E-state index in [4.69, 9.17) is 10.9 Å². The van der Waals surface area contributed by atoms with Gasteiger partial charge in [-0.2, -0.15) is 0 Å². The van der Waals surface area contributed by atoms with Gasteiger partial charge in [0.25, 0.3) is 0 Å². The number of aliphatic hydroxyl groups is 3. The summed E-state index contributed by atoms with van der Waals surface area (Å²) in [6.45, 7) is 5.04. The third kappa shape index (κ3) is 5.99. The molecule has 0 radical (unpaired) electrons. The minimum atomic E-state index is -1.98. The molecular formula is C32H46FN3O7. The Morgan fingerprint density at radius 3 is 2.35 bits per heavy atom. The van der Waals surface area contributed by atoms with Gasteiger partial charge in [0.2, 0.25) is 0 Å². The van der Waals surface area contributed by atoms with Crippen molar-refractivity contribution in [2.45, 2.75) is 70.2 Å². The average Bonchev–Trinajstić information content (AvgIpc) is 3.19. The highest BCUT2D eigenvalue weighted by Crippen LogP contribution is 2.70. The van der Waals surface area contributed by atoms with Crippen molar-refractivity contribution in [1.82, 2.24) is 5.43 Å². The number of carbonyl (C=O) groups is 3. The third-order valence-electron chi connectivity index (χ3n) is 10.4. The molecule has 0 unspecified atom stereocenters. The second kappa shape index (κ2) is 13.5. The van der Waals surface area contributed by atoms with Gasteiger partial charge in [-0.05, 0) is 68.6 Å². The Kier molecular flexibility index (Phi) is 10.9. The fourth-order valence-corrected chi connectivity index (χ4v) is 8.12. The molecule has 0 aromatic heterocycles. The van der Waals surface area contributed by atoms with Crippen LogP contribution in [0.4, 0.5) is 4.39 Å². The maximum atomic E-state index is 16.9. The van der Waals surface area contributed by atoms with Crippen molar-refractivity contribution in [2.24, 2.45) is 40.2 Å². The highest BCUT2D eigenvalue weighted by Gasteiger charge is 2.75. The Bertz CT molecular complexity index is 1240. The van der Waals surface area contributed by atoms with E-state index in [9.17, 15) is 29.7 Å². The van der Waals surface area contributed by atoms with Crippen LogP contribution in [0.2, 0.25) is 0 Å². The summed E-state index contributed by atoms with van der Waals surface area (Å²) in [6, 6.07) is 10.3. The summed E-state index contributed by atoms with van der Waals surface area (Å²) < 4.78 is 16.9. The molecule has 9 N–H and O–H groups in total. The van der Waals surface area contributed by atoms with Gasteiger partial charge in [-0.25, -0.2) is 4.39 Å². The van der Waals surface area contributed by atoms with Gasteiger partial charge in [-0.15, -0.1) is 0 Å². The molecule has 1 aromatic rings. The number of carbonyl (C=O) groups excluding carboxylic acids is 2. The molecule has 1 aromatic carbocycles. The largest absolute Gasteiger partial charge is 0.480 e. The Labute approximate surface area is 252 Å². The molecule has 0 saturated heterocycles. The van der Waals surface area contributed by atoms with Gasteiger partial charge in [-0.3, -0.25) is 25.7 Å². The SMILES string of the molecule is C[C@H]1C[C@H]2[C@@H]3CCC4=CC(=O)C=C[C@]4(C)[C@@]3(F)[C@@H](O)C[C@]2(C)[C@@]1(O)C(=O)CO.NCC(=O)O.NNCCc1ccccc1. The zero-order valence-electron chi connectivity index (χ0n) is 25.1. The predicted octanol–water partition coefficient (Wildman–Crippen LogP) is 1.62. The molecule has 11 heteroatoms. The van der Waals surface area contributed by atoms with Gasteiger partial charge in [0.1, 0.15) is 12.2 Å². The molecule has 43 heavy (non-hydrogen) atoms. The van der Waals surface area contributed by atoms with E-state index in [0.29, 0.717) is 24.8 Å². The van der Waals surface area contributed by atoms with E-state index in [0.717, 1.165) is 13.0 Å². The zero-order valence-corrected chi connectivity index (χ0v) is 25.1. The molecule has 5 rings (SSSR count). The monoisotopic (exact) mass is 603 g/mol. The number of carboxylic acids is 1. The van der Waals surface area contributed by atoms with Gasteiger partial charge >= 0.3 is 5.97 Å². The maximum Gasteiger partial charge on any atom is 0.317 e. The molecule has 3 fully saturated rings. The molecule has 3 saturated carbocycles. The van der Waals surface area contributed by atoms with Crippen molar-refractivity contribution in [3.63, 3.8) is 0 Å². The number of hydrazine groups is 1. The summed E-state index contributed by atoms with van der Waals surface area (Å²) >= 11 is 0. The first-order valence-electron chi connectivity index (χ1n) is 14.7. The summed E-state index contributed by atoms with van der Waals surface area (Å²) in [5.74, 6) is 2.04. The van der Waals surface area contributed by atoms with Crippen LogP contribution in [0.5, 0.6) is 0 Å². The Balaban J connectivity index is 0.000000278. The molecule has 0 amide bonds. The lowest BCUT2D eigenvalue weighted by atomic mass is 9.44. The number of nitrogens with two attached hydrogens (primary N) is 2. The Morgan fingerprint density at radius 1 is 1.16 bits per heavy atom. The van der Waals surface area contributed by atoms with E-state index in [2.05, 4.69) is 23.3 Å². The number of rotatable bonds is 6. The lowest BCUT2D eigenvalue weighted by Gasteiger charge is -2.62. The molecule has 10 nitrogen and oxygen atoms in total. The van der Waals surface area contributed by atoms with E-state index < -0.39 is 58.4 Å². The van der Waals surface area contributed by atoms with Crippen LogP contribution in [-0.4, -0.2) is 75.0 Å². The molecule has 238 valence electrons. The molecule has 0 heterocycles. The van der Waals surface area contributed by atoms with Gasteiger partial charge < -0.3 is 26.2 Å². The number of aliphatic hydroxyl groups excluding tert-OH is 2. The summed E-state index contributed by atoms with van der Waals surface area (Å²) in [7, 11) is 0. The molecular weight excluding hydrogens is 557 g/mol. The van der Waals surface area contributed by atoms with Crippen molar-refractivity contribution < 1.29 is 39.2 Å². The van der Waals surface area contributed by atoms with Crippen molar-refractivity contribution in [1.29, 1.82) is 0 Å². The van der Waals surface area contributed by atoms with Crippen LogP contribution in [0.25, 0.3) is 0 Å². The number of fused-ring (bicyclic) bond motifs is 5. The van der Waals surface area contributed by atoms with Gasteiger partial charge in [0.05, 0.1) is 12.6 Å². The number of allylic oxidation sites excluding steroid dienone is 4. The number of ketones is 2. The summed E-state index contributed by atoms with van der Waals surface area (Å²) in [5.41, 5.74) is 3.34. The average molecular weight is 604 g/mol. The number of Topliss-reactive ketones (excluding diaryl/α,β-unsaturated/α-hetero) is 1. The molecule has 8 atom stereocenters. The standard InChI is InChI=1S/C22H29FO5.C8H12N2.C2H5NO2/c1-12-8-16-15-5-4-13-9-14(25)6-7-19(13,2)21(15,23)17(26)10-20(16,3)22(12,28)18(27)11-24;9-10-7-6-8-4-2-1-3-5-8;3-1-2(4)5/h6-7,9,12,15-17,24,26,28H,4-5,8,10-11H2,1-3H3;1-5,10H,6-7,9H2;1,3H2,(H,4,5)/t12-,15-,16-,17-,19-,20-,21-,22-;;/m0../s1. The predicted molar refractivity (Wildman–Crippen MR) is 159 cm³/mol. The van der Waals surface area contributed by atoms with Crippen LogP contribution in [-0.2, 0) is 20.8 Å². The van der Waals surface area contributed by atoms with E-state index in [1.807, 2.05) is 18.2 Å². The minimum absolute atomic E-state index is 0.0676. The van der Waals surface area contributed by atoms with Crippen molar-refractivity contribution in [2.75, 3.05) is 19.7 Å². The number of hydrogen-bond donors (Lipinski definition) is 7. The van der Waals surface area contributed by atoms with E-state index in [-0.39, 0.29) is 24.7 Å². The quantitative estimate of drug-likeness (QED) is 0.185. The smallest absolute Gasteiger partial charge is 0.317 e. The molecule has 0 aliphatic heterocycles. The zero-order chi connectivity index (χ0) is 32.2. The lowest BCUT2D eigenvalue weighted by Crippen LogP contribution is -2.69. The first-order valence-corrected chi connectivity index (χ1v) is 14.7. The number of benzene rings is 1. The Morgan fingerprint density at radius 2 is 1.79 bits per heavy atom. The lowest BCUT2D eigenvalue weighted by molar-refractivity contribution is -0.219. The number of hydrogen-bond acceptors (Lipinski definition) is 9. The molecule has 4 aliphatic carbocycles. The second-order valence-corrected chi connectivity index (χ2v) is 12.5. The number of aliphatic carboxylic acids is 1. The van der Waals surface area contributed by atoms with Crippen LogP contribution in [0.15, 0.2) is 54.1 Å². The molecule has 0 spiro atoms. The van der Waals surface area contributed by atoms with Gasteiger partial charge in [0, 0.05) is 23.3 Å². The van der Waals surface area contributed by atoms with Crippen LogP contribution in [0.3, 0.4) is 0 Å². The van der Waals surface area contributed by atoms with Crippen LogP contribution >= 0.6 is 0 Å². The molecule has 0 bridgehead atoms. The maximum absolute atomic E-state index is 16.9. The number of halogens is 1. The molecule has 4 aliphatic rings. The van der Waals surface area contributed by atoms with E-state index in [1.54, 1.807) is 26.8 Å². The number of carboxylic acid groups (broad SMARTS) is 1. The summed E-state index contributed by atoms with van der Waals surface area (Å²) in [5, 5.41) is 39.6. The first kappa shape index (κ1) is 34.7. The van der Waals surface area contributed by atoms with Crippen LogP contribution in [0, 0.1) is 28.6 Å². The highest BCUT2D eigenvalue weighted by atomic mass is 19.1. The van der Waals surface area contributed by atoms with Gasteiger partial charge in [-0.1, -0.05) is 55.8 Å². The van der Waals surface area contributed by atoms with Gasteiger partial charge in [0.15, 0.2) is 17.2 Å². The summed E-state index contributed by atoms with van der Waals surface area (Å²) in [6.07, 6.45) is 5.44. The van der Waals surface area contributed by atoms with E-state index in [1.165, 1.54) is 17.7 Å². The second-order valence-electron chi connectivity index (χ2n) is 12.5. The first-order chi connectivity index (χ1) is 20.2. The third-order valence-corrected chi connectivity index (χ3v) is 10.4. The summed E-state index contributed by atoms with van der Waals surface area (Å²) in [4.78, 5) is 33.6. The normalized spacial score (nSPS) is 37.3.